The van der Waals surface area contributed by atoms with Crippen molar-refractivity contribution in [1.29, 1.82) is 0 Å². The lowest BCUT2D eigenvalue weighted by atomic mass is 10.0. The number of aryl methyl sites for hydroxylation is 1. The zero-order valence-electron chi connectivity index (χ0n) is 17.2. The molecule has 3 N–H and O–H groups in total. The van der Waals surface area contributed by atoms with Crippen LogP contribution in [0, 0.1) is 15.6 Å². The fourth-order valence-electron chi connectivity index (χ4n) is 3.72. The van der Waals surface area contributed by atoms with Crippen LogP contribution < -0.4 is 15.8 Å². The van der Waals surface area contributed by atoms with Gasteiger partial charge in [0.25, 0.3) is 0 Å². The summed E-state index contributed by atoms with van der Waals surface area (Å²) >= 11 is 2.34. The number of nitrogen functional groups attached to an aromatic ring is 1. The second-order valence-corrected chi connectivity index (χ2v) is 9.17. The molecule has 0 spiro atoms. The zero-order valence-corrected chi connectivity index (χ0v) is 19.4. The van der Waals surface area contributed by atoms with Crippen molar-refractivity contribution in [3.63, 3.8) is 0 Å². The first kappa shape index (κ1) is 21.2. The van der Waals surface area contributed by atoms with Crippen LogP contribution in [-0.2, 0) is 19.4 Å². The quantitative estimate of drug-likeness (QED) is 0.282. The Morgan fingerprint density at radius 3 is 2.93 bits per heavy atom. The van der Waals surface area contributed by atoms with Crippen molar-refractivity contribution in [3.05, 3.63) is 38.7 Å². The summed E-state index contributed by atoms with van der Waals surface area (Å²) in [5.74, 6) is 2.40. The normalized spacial score (nSPS) is 13.6. The second-order valence-electron chi connectivity index (χ2n) is 8.01. The number of nitrogens with two attached hydrogens (primary N) is 1. The van der Waals surface area contributed by atoms with Crippen LogP contribution in [0.3, 0.4) is 0 Å². The van der Waals surface area contributed by atoms with Crippen LogP contribution in [0.5, 0.6) is 5.75 Å². The number of ether oxygens (including phenoxy) is 1. The molecule has 3 aromatic rings. The number of hydrogen-bond acceptors (Lipinski definition) is 6. The average Bonchev–Trinajstić information content (AvgIpc) is 3.03. The van der Waals surface area contributed by atoms with Crippen molar-refractivity contribution in [2.45, 2.75) is 39.7 Å². The molecule has 9 heteroatoms. The van der Waals surface area contributed by atoms with Gasteiger partial charge >= 0.3 is 6.08 Å². The summed E-state index contributed by atoms with van der Waals surface area (Å²) < 4.78 is 22.7. The van der Waals surface area contributed by atoms with Gasteiger partial charge in [0.2, 0.25) is 0 Å². The summed E-state index contributed by atoms with van der Waals surface area (Å²) in [6, 6.07) is 4.29. The summed E-state index contributed by atoms with van der Waals surface area (Å²) in [4.78, 5) is 12.3. The maximum Gasteiger partial charge on any atom is 0.312 e. The van der Waals surface area contributed by atoms with E-state index in [1.165, 1.54) is 11.1 Å². The predicted octanol–water partition coefficient (Wildman–Crippen LogP) is 3.31. The summed E-state index contributed by atoms with van der Waals surface area (Å²) in [5.41, 5.74) is 9.23. The topological polar surface area (TPSA) is 90.9 Å². The van der Waals surface area contributed by atoms with E-state index in [4.69, 9.17) is 15.5 Å². The van der Waals surface area contributed by atoms with Crippen molar-refractivity contribution in [2.24, 2.45) is 5.92 Å². The minimum Gasteiger partial charge on any atom is -0.493 e. The van der Waals surface area contributed by atoms with Gasteiger partial charge in [0, 0.05) is 23.1 Å². The molecule has 0 amide bonds. The molecule has 4 rings (SSSR count). The van der Waals surface area contributed by atoms with Gasteiger partial charge in [0.15, 0.2) is 17.0 Å². The van der Waals surface area contributed by atoms with Crippen LogP contribution in [-0.4, -0.2) is 39.2 Å². The third kappa shape index (κ3) is 4.51. The Kier molecular flexibility index (Phi) is 6.37. The van der Waals surface area contributed by atoms with Gasteiger partial charge in [-0.2, -0.15) is 14.4 Å². The van der Waals surface area contributed by atoms with Crippen molar-refractivity contribution in [3.8, 4) is 5.75 Å². The molecule has 7 nitrogen and oxygen atoms in total. The van der Waals surface area contributed by atoms with Crippen LogP contribution in [0.15, 0.2) is 12.1 Å². The molecule has 1 aliphatic heterocycles. The molecule has 0 saturated carbocycles. The number of anilines is 1. The van der Waals surface area contributed by atoms with Gasteiger partial charge < -0.3 is 20.4 Å². The first-order valence-electron chi connectivity index (χ1n) is 10.2. The van der Waals surface area contributed by atoms with Crippen LogP contribution in [0.4, 0.5) is 10.2 Å². The maximum absolute atomic E-state index is 13.9. The van der Waals surface area contributed by atoms with Gasteiger partial charge in [-0.05, 0) is 65.1 Å². The molecule has 1 aromatic carbocycles. The van der Waals surface area contributed by atoms with Gasteiger partial charge in [0.1, 0.15) is 11.6 Å². The highest BCUT2D eigenvalue weighted by atomic mass is 124. The average molecular weight is 521 g/mol. The van der Waals surface area contributed by atoms with Gasteiger partial charge in [-0.1, -0.05) is 19.9 Å². The van der Waals surface area contributed by atoms with Crippen LogP contribution in [0.25, 0.3) is 11.2 Å². The fraction of sp³-hybridized carbons (Fsp3) is 0.476. The number of benzene rings is 1. The molecule has 0 unspecified atom stereocenters. The lowest BCUT2D eigenvalue weighted by molar-refractivity contribution is 0.288. The van der Waals surface area contributed by atoms with Gasteiger partial charge in [0.05, 0.1) is 6.61 Å². The smallest absolute Gasteiger partial charge is 0.312 e. The Balaban J connectivity index is 1.69. The molecule has 0 saturated heterocycles. The van der Waals surface area contributed by atoms with Crippen molar-refractivity contribution in [2.75, 3.05) is 25.4 Å². The number of imidazole rings is 1. The number of nitrogens with one attached hydrogen (secondary N) is 1. The highest BCUT2D eigenvalue weighted by Gasteiger charge is 2.19. The summed E-state index contributed by atoms with van der Waals surface area (Å²) in [5, 5.41) is 3.43. The van der Waals surface area contributed by atoms with E-state index in [1.54, 1.807) is 0 Å². The van der Waals surface area contributed by atoms with Crippen LogP contribution in [0.2, 0.25) is 0 Å². The van der Waals surface area contributed by atoms with Crippen LogP contribution >= 0.6 is 22.6 Å². The molecule has 30 heavy (non-hydrogen) atoms. The lowest BCUT2D eigenvalue weighted by Crippen LogP contribution is -2.25. The summed E-state index contributed by atoms with van der Waals surface area (Å²) in [6.07, 6.45) is 1.81. The van der Waals surface area contributed by atoms with E-state index in [9.17, 15) is 4.39 Å². The van der Waals surface area contributed by atoms with Crippen LogP contribution in [0.1, 0.15) is 37.2 Å². The molecule has 0 radical (unpaired) electrons. The number of hydrogen-bond donors (Lipinski definition) is 2. The number of aromatic nitrogens is 4. The molecular formula is C21H26FIN6O. The maximum atomic E-state index is 13.9. The minimum atomic E-state index is -0.830. The van der Waals surface area contributed by atoms with Gasteiger partial charge in [-0.25, -0.2) is 4.98 Å². The Morgan fingerprint density at radius 2 is 2.13 bits per heavy atom. The van der Waals surface area contributed by atoms with Gasteiger partial charge in [-0.3, -0.25) is 0 Å². The first-order valence-corrected chi connectivity index (χ1v) is 11.3. The molecule has 3 heterocycles. The predicted molar refractivity (Wildman–Crippen MR) is 123 cm³/mol. The standard InChI is InChI=1S/C21H26FIN6O/c1-12(2)11-25-5-6-29-17(26-18-19(24)27-21(22)28-20(18)29)9-14-8-13-4-3-7-30-16(13)10-15(14)23/h8,10,12,25H,3-7,9,11H2,1-2H3,(H2,24,27,28)/i23-3. The number of rotatable bonds is 7. The highest BCUT2D eigenvalue weighted by Crippen LogP contribution is 2.31. The minimum absolute atomic E-state index is 0.0705. The molecule has 1 aliphatic rings. The Morgan fingerprint density at radius 1 is 1.30 bits per heavy atom. The number of fused-ring (bicyclic) bond motifs is 2. The molecule has 2 aromatic heterocycles. The Bertz CT molecular complexity index is 1070. The van der Waals surface area contributed by atoms with E-state index in [0.29, 0.717) is 30.0 Å². The van der Waals surface area contributed by atoms with Gasteiger partial charge in [-0.15, -0.1) is 0 Å². The third-order valence-electron chi connectivity index (χ3n) is 5.16. The molecule has 0 bridgehead atoms. The molecular weight excluding hydrogens is 495 g/mol. The highest BCUT2D eigenvalue weighted by molar-refractivity contribution is 14.1. The van der Waals surface area contributed by atoms with Crippen molar-refractivity contribution in [1.82, 2.24) is 24.8 Å². The lowest BCUT2D eigenvalue weighted by Gasteiger charge is -2.19. The van der Waals surface area contributed by atoms with Crippen molar-refractivity contribution < 1.29 is 9.13 Å². The summed E-state index contributed by atoms with van der Waals surface area (Å²) in [6.45, 7) is 7.36. The summed E-state index contributed by atoms with van der Waals surface area (Å²) in [7, 11) is 0. The third-order valence-corrected chi connectivity index (χ3v) is 6.17. The van der Waals surface area contributed by atoms with Crippen molar-refractivity contribution >= 4 is 39.6 Å². The fourth-order valence-corrected chi connectivity index (χ4v) is 4.35. The molecule has 160 valence electrons. The molecule has 0 aliphatic carbocycles. The Labute approximate surface area is 188 Å². The molecule has 0 atom stereocenters. The second kappa shape index (κ2) is 9.01. The first-order chi connectivity index (χ1) is 14.4. The van der Waals surface area contributed by atoms with E-state index in [2.05, 4.69) is 63.9 Å². The number of halogens is 2. The zero-order chi connectivity index (χ0) is 21.3. The van der Waals surface area contributed by atoms with E-state index in [1.807, 2.05) is 4.57 Å². The number of nitrogens with zero attached hydrogens (tertiary/aromatic N) is 4. The van der Waals surface area contributed by atoms with E-state index < -0.39 is 6.08 Å². The molecule has 0 fully saturated rings. The van der Waals surface area contributed by atoms with E-state index in [0.717, 1.165) is 47.7 Å². The monoisotopic (exact) mass is 521 g/mol. The van der Waals surface area contributed by atoms with E-state index in [-0.39, 0.29) is 5.82 Å². The Hall–Kier alpha value is -2.01. The SMILES string of the molecule is CC(C)CNCCn1c(Cc2cc3c(cc2[124I])OCCC3)nc2c(N)nc(F)nc21. The van der Waals surface area contributed by atoms with E-state index >= 15 is 0 Å². The largest absolute Gasteiger partial charge is 0.493 e.